The maximum absolute atomic E-state index is 5.89. The summed E-state index contributed by atoms with van der Waals surface area (Å²) in [6, 6.07) is 16.4. The Labute approximate surface area is 162 Å². The molecule has 0 saturated heterocycles. The van der Waals surface area contributed by atoms with Crippen LogP contribution in [-0.4, -0.2) is 21.7 Å². The largest absolute Gasteiger partial charge is 0.399 e. The predicted octanol–water partition coefficient (Wildman–Crippen LogP) is 4.43. The number of anilines is 1. The van der Waals surface area contributed by atoms with Crippen molar-refractivity contribution in [3.05, 3.63) is 76.6 Å². The fraction of sp³-hybridized carbons (Fsp3) is 0.286. The summed E-state index contributed by atoms with van der Waals surface area (Å²) in [6.07, 6.45) is 0. The first-order chi connectivity index (χ1) is 12.0. The Bertz CT molecular complexity index is 885. The maximum Gasteiger partial charge on any atom is 0.0678 e. The number of halogens is 1. The third-order valence-corrected chi connectivity index (χ3v) is 4.62. The molecule has 1 heterocycles. The van der Waals surface area contributed by atoms with Crippen molar-refractivity contribution in [3.8, 4) is 5.69 Å². The van der Waals surface area contributed by atoms with E-state index in [1.165, 1.54) is 22.4 Å². The van der Waals surface area contributed by atoms with E-state index in [-0.39, 0.29) is 12.4 Å². The minimum atomic E-state index is 0. The van der Waals surface area contributed by atoms with Crippen molar-refractivity contribution >= 4 is 18.1 Å². The molecule has 5 heteroatoms. The van der Waals surface area contributed by atoms with Crippen molar-refractivity contribution < 1.29 is 0 Å². The van der Waals surface area contributed by atoms with Gasteiger partial charge in [0.2, 0.25) is 0 Å². The molecule has 2 aromatic carbocycles. The van der Waals surface area contributed by atoms with Gasteiger partial charge < -0.3 is 5.73 Å². The molecule has 0 aliphatic heterocycles. The van der Waals surface area contributed by atoms with Crippen LogP contribution in [0.1, 0.15) is 28.1 Å². The SMILES string of the molecule is Cc1ccccc1-n1nc(C)c(CN(C)Cc2cccc(N)c2)c1C.Cl. The van der Waals surface area contributed by atoms with Crippen molar-refractivity contribution in [1.29, 1.82) is 0 Å². The van der Waals surface area contributed by atoms with E-state index in [4.69, 9.17) is 10.8 Å². The van der Waals surface area contributed by atoms with Crippen LogP contribution in [-0.2, 0) is 13.1 Å². The van der Waals surface area contributed by atoms with Crippen LogP contribution in [0.25, 0.3) is 5.69 Å². The lowest BCUT2D eigenvalue weighted by atomic mass is 10.1. The summed E-state index contributed by atoms with van der Waals surface area (Å²) >= 11 is 0. The molecule has 0 bridgehead atoms. The van der Waals surface area contributed by atoms with Crippen LogP contribution in [0.3, 0.4) is 0 Å². The fourth-order valence-corrected chi connectivity index (χ4v) is 3.27. The first-order valence-corrected chi connectivity index (χ1v) is 8.59. The van der Waals surface area contributed by atoms with Crippen LogP contribution in [0.15, 0.2) is 48.5 Å². The monoisotopic (exact) mass is 370 g/mol. The van der Waals surface area contributed by atoms with Gasteiger partial charge >= 0.3 is 0 Å². The van der Waals surface area contributed by atoms with E-state index in [0.717, 1.165) is 30.2 Å². The molecule has 3 rings (SSSR count). The lowest BCUT2D eigenvalue weighted by molar-refractivity contribution is 0.318. The molecule has 0 aliphatic carbocycles. The molecule has 0 radical (unpaired) electrons. The number of rotatable bonds is 5. The van der Waals surface area contributed by atoms with Crippen molar-refractivity contribution in [2.24, 2.45) is 0 Å². The van der Waals surface area contributed by atoms with Crippen LogP contribution in [0.4, 0.5) is 5.69 Å². The topological polar surface area (TPSA) is 47.1 Å². The van der Waals surface area contributed by atoms with Gasteiger partial charge in [-0.1, -0.05) is 30.3 Å². The quantitative estimate of drug-likeness (QED) is 0.675. The van der Waals surface area contributed by atoms with Gasteiger partial charge in [0.15, 0.2) is 0 Å². The van der Waals surface area contributed by atoms with Gasteiger partial charge in [0, 0.05) is 30.0 Å². The number of aromatic nitrogens is 2. The zero-order valence-corrected chi connectivity index (χ0v) is 16.7. The van der Waals surface area contributed by atoms with Gasteiger partial charge in [-0.2, -0.15) is 5.10 Å². The molecule has 1 aromatic heterocycles. The summed E-state index contributed by atoms with van der Waals surface area (Å²) in [5.41, 5.74) is 13.9. The molecule has 0 amide bonds. The van der Waals surface area contributed by atoms with Gasteiger partial charge in [0.05, 0.1) is 11.4 Å². The minimum absolute atomic E-state index is 0. The molecule has 4 nitrogen and oxygen atoms in total. The van der Waals surface area contributed by atoms with Gasteiger partial charge in [-0.05, 0) is 57.1 Å². The molecular weight excluding hydrogens is 344 g/mol. The van der Waals surface area contributed by atoms with Gasteiger partial charge in [-0.3, -0.25) is 4.90 Å². The minimum Gasteiger partial charge on any atom is -0.399 e. The molecule has 2 N–H and O–H groups in total. The average molecular weight is 371 g/mol. The Hall–Kier alpha value is -2.30. The van der Waals surface area contributed by atoms with E-state index in [9.17, 15) is 0 Å². The Balaban J connectivity index is 0.00000243. The lowest BCUT2D eigenvalue weighted by Gasteiger charge is -2.17. The number of nitrogen functional groups attached to an aromatic ring is 1. The molecule has 0 aliphatic rings. The highest BCUT2D eigenvalue weighted by atomic mass is 35.5. The smallest absolute Gasteiger partial charge is 0.0678 e. The summed E-state index contributed by atoms with van der Waals surface area (Å²) in [4.78, 5) is 2.30. The molecule has 0 spiro atoms. The standard InChI is InChI=1S/C21H26N4.ClH/c1-15-8-5-6-11-21(15)25-17(3)20(16(2)23-25)14-24(4)13-18-9-7-10-19(22)12-18;/h5-12H,13-14,22H2,1-4H3;1H. The second-order valence-electron chi connectivity index (χ2n) is 6.76. The molecule has 26 heavy (non-hydrogen) atoms. The zero-order chi connectivity index (χ0) is 18.0. The normalized spacial score (nSPS) is 10.8. The first-order valence-electron chi connectivity index (χ1n) is 8.59. The highest BCUT2D eigenvalue weighted by Crippen LogP contribution is 2.22. The number of aryl methyl sites for hydroxylation is 2. The molecule has 3 aromatic rings. The summed E-state index contributed by atoms with van der Waals surface area (Å²) in [5, 5.41) is 4.79. The van der Waals surface area contributed by atoms with Crippen molar-refractivity contribution in [3.63, 3.8) is 0 Å². The van der Waals surface area contributed by atoms with E-state index >= 15 is 0 Å². The Morgan fingerprint density at radius 1 is 1.00 bits per heavy atom. The van der Waals surface area contributed by atoms with Crippen LogP contribution in [0.2, 0.25) is 0 Å². The number of nitrogens with two attached hydrogens (primary N) is 1. The Morgan fingerprint density at radius 3 is 2.42 bits per heavy atom. The molecule has 0 saturated carbocycles. The predicted molar refractivity (Wildman–Crippen MR) is 111 cm³/mol. The van der Waals surface area contributed by atoms with E-state index in [1.54, 1.807) is 0 Å². The van der Waals surface area contributed by atoms with Crippen LogP contribution in [0.5, 0.6) is 0 Å². The lowest BCUT2D eigenvalue weighted by Crippen LogP contribution is -2.18. The third-order valence-electron chi connectivity index (χ3n) is 4.62. The number of benzene rings is 2. The number of para-hydroxylation sites is 1. The first kappa shape index (κ1) is 20.0. The van der Waals surface area contributed by atoms with Gasteiger partial charge in [-0.15, -0.1) is 12.4 Å². The summed E-state index contributed by atoms with van der Waals surface area (Å²) in [6.45, 7) is 8.08. The van der Waals surface area contributed by atoms with Crippen molar-refractivity contribution in [1.82, 2.24) is 14.7 Å². The van der Waals surface area contributed by atoms with Gasteiger partial charge in [0.1, 0.15) is 0 Å². The second-order valence-corrected chi connectivity index (χ2v) is 6.76. The van der Waals surface area contributed by atoms with E-state index in [2.05, 4.69) is 67.7 Å². The highest BCUT2D eigenvalue weighted by molar-refractivity contribution is 5.85. The summed E-state index contributed by atoms with van der Waals surface area (Å²) < 4.78 is 2.06. The van der Waals surface area contributed by atoms with Gasteiger partial charge in [-0.25, -0.2) is 4.68 Å². The van der Waals surface area contributed by atoms with Crippen LogP contribution >= 0.6 is 12.4 Å². The fourth-order valence-electron chi connectivity index (χ4n) is 3.27. The van der Waals surface area contributed by atoms with E-state index < -0.39 is 0 Å². The molecule has 0 atom stereocenters. The second kappa shape index (κ2) is 8.39. The number of hydrogen-bond acceptors (Lipinski definition) is 3. The Morgan fingerprint density at radius 2 is 1.73 bits per heavy atom. The average Bonchev–Trinajstić information content (AvgIpc) is 2.83. The van der Waals surface area contributed by atoms with Crippen molar-refractivity contribution in [2.45, 2.75) is 33.9 Å². The highest BCUT2D eigenvalue weighted by Gasteiger charge is 2.15. The molecule has 0 fully saturated rings. The van der Waals surface area contributed by atoms with E-state index in [1.807, 2.05) is 18.2 Å². The van der Waals surface area contributed by atoms with Crippen LogP contribution in [0, 0.1) is 20.8 Å². The molecule has 0 unspecified atom stereocenters. The molecule has 138 valence electrons. The Kier molecular flexibility index (Phi) is 6.46. The molecular formula is C21H27ClN4. The van der Waals surface area contributed by atoms with Crippen LogP contribution < -0.4 is 5.73 Å². The summed E-state index contributed by atoms with van der Waals surface area (Å²) in [7, 11) is 2.13. The number of hydrogen-bond donors (Lipinski definition) is 1. The van der Waals surface area contributed by atoms with Crippen molar-refractivity contribution in [2.75, 3.05) is 12.8 Å². The third kappa shape index (κ3) is 4.26. The van der Waals surface area contributed by atoms with E-state index in [0.29, 0.717) is 0 Å². The zero-order valence-electron chi connectivity index (χ0n) is 15.9. The van der Waals surface area contributed by atoms with Gasteiger partial charge in [0.25, 0.3) is 0 Å². The summed E-state index contributed by atoms with van der Waals surface area (Å²) in [5.74, 6) is 0. The maximum atomic E-state index is 5.89. The number of nitrogens with zero attached hydrogens (tertiary/aromatic N) is 3.